The number of rotatable bonds is 1. The summed E-state index contributed by atoms with van der Waals surface area (Å²) >= 11 is 0. The van der Waals surface area contributed by atoms with Gasteiger partial charge >= 0.3 is 0 Å². The van der Waals surface area contributed by atoms with E-state index in [0.29, 0.717) is 12.1 Å². The molecule has 1 N–H and O–H groups in total. The summed E-state index contributed by atoms with van der Waals surface area (Å²) in [7, 11) is 0. The first-order valence-electron chi connectivity index (χ1n) is 7.41. The Kier molecular flexibility index (Phi) is 2.57. The highest BCUT2D eigenvalue weighted by molar-refractivity contribution is 5.62. The van der Waals surface area contributed by atoms with Crippen LogP contribution in [0.3, 0.4) is 0 Å². The predicted octanol–water partition coefficient (Wildman–Crippen LogP) is 3.53. The van der Waals surface area contributed by atoms with Crippen LogP contribution in [-0.2, 0) is 5.60 Å². The zero-order chi connectivity index (χ0) is 15.7. The second kappa shape index (κ2) is 4.10. The van der Waals surface area contributed by atoms with E-state index in [-0.39, 0.29) is 22.6 Å². The Labute approximate surface area is 127 Å². The monoisotopic (exact) mass is 302 g/mol. The molecule has 2 atom stereocenters. The standard InChI is InChI=1S/C17H16F2N2O/c1-16(2)10-6-7-17(16,22)15-9(10)8-13(20-21-15)14-11(18)4-3-5-12(14)19/h3-5,8,10,22H,6-7H2,1-2H3/t10-,17?/m0/s1. The smallest absolute Gasteiger partial charge is 0.135 e. The molecule has 2 bridgehead atoms. The molecule has 1 fully saturated rings. The summed E-state index contributed by atoms with van der Waals surface area (Å²) in [5.74, 6) is -1.18. The fourth-order valence-corrected chi connectivity index (χ4v) is 4.15. The second-order valence-corrected chi connectivity index (χ2v) is 6.80. The van der Waals surface area contributed by atoms with Crippen LogP contribution in [0, 0.1) is 17.0 Å². The molecule has 1 heterocycles. The van der Waals surface area contributed by atoms with Crippen LogP contribution in [-0.4, -0.2) is 15.3 Å². The highest BCUT2D eigenvalue weighted by Gasteiger charge is 2.62. The summed E-state index contributed by atoms with van der Waals surface area (Å²) in [4.78, 5) is 0. The molecule has 0 spiro atoms. The largest absolute Gasteiger partial charge is 0.383 e. The number of fused-ring (bicyclic) bond motifs is 5. The number of aliphatic hydroxyl groups is 1. The molecule has 2 aromatic rings. The molecule has 1 unspecified atom stereocenters. The van der Waals surface area contributed by atoms with E-state index in [4.69, 9.17) is 0 Å². The zero-order valence-electron chi connectivity index (χ0n) is 12.4. The third-order valence-corrected chi connectivity index (χ3v) is 5.54. The van der Waals surface area contributed by atoms with Gasteiger partial charge in [-0.2, -0.15) is 5.10 Å². The first-order valence-corrected chi connectivity index (χ1v) is 7.41. The quantitative estimate of drug-likeness (QED) is 0.876. The highest BCUT2D eigenvalue weighted by atomic mass is 19.1. The molecule has 1 saturated carbocycles. The van der Waals surface area contributed by atoms with Crippen LogP contribution < -0.4 is 0 Å². The Morgan fingerprint density at radius 2 is 1.86 bits per heavy atom. The summed E-state index contributed by atoms with van der Waals surface area (Å²) in [6.45, 7) is 4.02. The van der Waals surface area contributed by atoms with Crippen molar-refractivity contribution in [3.05, 3.63) is 47.2 Å². The minimum Gasteiger partial charge on any atom is -0.383 e. The number of aromatic nitrogens is 2. The van der Waals surface area contributed by atoms with Gasteiger partial charge in [0.1, 0.15) is 17.2 Å². The second-order valence-electron chi connectivity index (χ2n) is 6.80. The van der Waals surface area contributed by atoms with Gasteiger partial charge in [0.25, 0.3) is 0 Å². The molecule has 4 rings (SSSR count). The number of halogens is 2. The summed E-state index contributed by atoms with van der Waals surface area (Å²) in [5.41, 5.74) is 0.121. The Morgan fingerprint density at radius 1 is 1.18 bits per heavy atom. The van der Waals surface area contributed by atoms with Crippen LogP contribution >= 0.6 is 0 Å². The van der Waals surface area contributed by atoms with E-state index in [2.05, 4.69) is 10.2 Å². The normalized spacial score (nSPS) is 28.0. The third kappa shape index (κ3) is 1.47. The Bertz CT molecular complexity index is 770. The van der Waals surface area contributed by atoms with Crippen molar-refractivity contribution in [2.75, 3.05) is 0 Å². The number of nitrogens with zero attached hydrogens (tertiary/aromatic N) is 2. The molecule has 22 heavy (non-hydrogen) atoms. The summed E-state index contributed by atoms with van der Waals surface area (Å²) in [6.07, 6.45) is 1.50. The third-order valence-electron chi connectivity index (χ3n) is 5.54. The van der Waals surface area contributed by atoms with Crippen molar-refractivity contribution < 1.29 is 13.9 Å². The molecule has 1 aromatic carbocycles. The van der Waals surface area contributed by atoms with Gasteiger partial charge < -0.3 is 5.11 Å². The van der Waals surface area contributed by atoms with Crippen molar-refractivity contribution in [1.29, 1.82) is 0 Å². The topological polar surface area (TPSA) is 46.0 Å². The summed E-state index contributed by atoms with van der Waals surface area (Å²) in [5, 5.41) is 19.1. The van der Waals surface area contributed by atoms with E-state index in [9.17, 15) is 13.9 Å². The van der Waals surface area contributed by atoms with Gasteiger partial charge in [0, 0.05) is 5.41 Å². The molecule has 0 saturated heterocycles. The van der Waals surface area contributed by atoms with Crippen molar-refractivity contribution in [2.45, 2.75) is 38.2 Å². The van der Waals surface area contributed by atoms with Gasteiger partial charge in [0.05, 0.1) is 17.0 Å². The van der Waals surface area contributed by atoms with Crippen molar-refractivity contribution >= 4 is 0 Å². The molecule has 0 aliphatic heterocycles. The highest BCUT2D eigenvalue weighted by Crippen LogP contribution is 2.66. The van der Waals surface area contributed by atoms with E-state index >= 15 is 0 Å². The van der Waals surface area contributed by atoms with E-state index in [0.717, 1.165) is 12.0 Å². The zero-order valence-corrected chi connectivity index (χ0v) is 12.4. The van der Waals surface area contributed by atoms with Crippen molar-refractivity contribution in [1.82, 2.24) is 10.2 Å². The van der Waals surface area contributed by atoms with Crippen molar-refractivity contribution in [3.63, 3.8) is 0 Å². The Balaban J connectivity index is 1.92. The van der Waals surface area contributed by atoms with Crippen LogP contribution in [0.4, 0.5) is 8.78 Å². The summed E-state index contributed by atoms with van der Waals surface area (Å²) in [6, 6.07) is 5.42. The number of hydrogen-bond acceptors (Lipinski definition) is 3. The van der Waals surface area contributed by atoms with Crippen LogP contribution in [0.5, 0.6) is 0 Å². The minimum atomic E-state index is -0.994. The van der Waals surface area contributed by atoms with E-state index in [1.165, 1.54) is 18.2 Å². The number of benzene rings is 1. The predicted molar refractivity (Wildman–Crippen MR) is 77.0 cm³/mol. The van der Waals surface area contributed by atoms with Gasteiger partial charge in [0.2, 0.25) is 0 Å². The van der Waals surface area contributed by atoms with Gasteiger partial charge in [-0.1, -0.05) is 19.9 Å². The first-order chi connectivity index (χ1) is 10.4. The maximum absolute atomic E-state index is 13.9. The van der Waals surface area contributed by atoms with Crippen molar-refractivity contribution in [3.8, 4) is 11.3 Å². The fourth-order valence-electron chi connectivity index (χ4n) is 4.15. The van der Waals surface area contributed by atoms with Gasteiger partial charge in [-0.25, -0.2) is 8.78 Å². The van der Waals surface area contributed by atoms with Crippen LogP contribution in [0.25, 0.3) is 11.3 Å². The average molecular weight is 302 g/mol. The molecule has 0 radical (unpaired) electrons. The maximum Gasteiger partial charge on any atom is 0.135 e. The molecule has 2 aliphatic carbocycles. The van der Waals surface area contributed by atoms with Crippen LogP contribution in [0.1, 0.15) is 43.9 Å². The van der Waals surface area contributed by atoms with Gasteiger partial charge in [-0.3, -0.25) is 0 Å². The average Bonchev–Trinajstić information content (AvgIpc) is 2.78. The molecule has 3 nitrogen and oxygen atoms in total. The minimum absolute atomic E-state index is 0.136. The van der Waals surface area contributed by atoms with Crippen LogP contribution in [0.15, 0.2) is 24.3 Å². The van der Waals surface area contributed by atoms with Gasteiger partial charge in [0.15, 0.2) is 0 Å². The maximum atomic E-state index is 13.9. The molecule has 1 aromatic heterocycles. The molecular formula is C17H16F2N2O. The molecule has 5 heteroatoms. The molecule has 114 valence electrons. The lowest BCUT2D eigenvalue weighted by molar-refractivity contribution is -0.0447. The molecule has 2 aliphatic rings. The van der Waals surface area contributed by atoms with E-state index in [1.54, 1.807) is 6.07 Å². The number of hydrogen-bond donors (Lipinski definition) is 1. The van der Waals surface area contributed by atoms with Crippen molar-refractivity contribution in [2.24, 2.45) is 5.41 Å². The Hall–Kier alpha value is -1.88. The van der Waals surface area contributed by atoms with Gasteiger partial charge in [-0.15, -0.1) is 5.10 Å². The van der Waals surface area contributed by atoms with E-state index in [1.807, 2.05) is 13.8 Å². The first kappa shape index (κ1) is 13.8. The SMILES string of the molecule is CC1(C)[C@H]2CCC1(O)c1nnc(-c3c(F)cccc3F)cc12. The summed E-state index contributed by atoms with van der Waals surface area (Å²) < 4.78 is 27.9. The lowest BCUT2D eigenvalue weighted by Gasteiger charge is -2.32. The fraction of sp³-hybridized carbons (Fsp3) is 0.412. The van der Waals surface area contributed by atoms with E-state index < -0.39 is 17.2 Å². The Morgan fingerprint density at radius 3 is 2.55 bits per heavy atom. The lowest BCUT2D eigenvalue weighted by atomic mass is 9.77. The molecular weight excluding hydrogens is 286 g/mol. The van der Waals surface area contributed by atoms with Gasteiger partial charge in [-0.05, 0) is 42.5 Å². The van der Waals surface area contributed by atoms with Crippen LogP contribution in [0.2, 0.25) is 0 Å². The lowest BCUT2D eigenvalue weighted by Crippen LogP contribution is -2.35. The molecule has 0 amide bonds.